The number of carbonyl (C=O) groups is 1. The number of carbonyl (C=O) groups excluding carboxylic acids is 1. The van der Waals surface area contributed by atoms with Gasteiger partial charge in [-0.3, -0.25) is 4.79 Å². The fourth-order valence-corrected chi connectivity index (χ4v) is 6.07. The minimum absolute atomic E-state index is 0.000229. The van der Waals surface area contributed by atoms with E-state index in [1.165, 1.54) is 20.0 Å². The molecule has 4 aliphatic carbocycles. The Morgan fingerprint density at radius 2 is 1.79 bits per heavy atom. The molecular formula is C16H22O3. The maximum atomic E-state index is 12.2. The van der Waals surface area contributed by atoms with Crippen molar-refractivity contribution in [1.82, 2.24) is 0 Å². The summed E-state index contributed by atoms with van der Waals surface area (Å²) in [5.41, 5.74) is 0. The van der Waals surface area contributed by atoms with Crippen LogP contribution in [0.25, 0.3) is 0 Å². The van der Waals surface area contributed by atoms with Gasteiger partial charge in [-0.15, -0.1) is 0 Å². The van der Waals surface area contributed by atoms with Crippen LogP contribution in [0.3, 0.4) is 0 Å². The number of methoxy groups -OCH3 is 2. The first-order valence-corrected chi connectivity index (χ1v) is 7.51. The lowest BCUT2D eigenvalue weighted by Crippen LogP contribution is -2.42. The van der Waals surface area contributed by atoms with E-state index in [1.807, 2.05) is 0 Å². The topological polar surface area (TPSA) is 35.5 Å². The molecule has 0 aromatic carbocycles. The van der Waals surface area contributed by atoms with E-state index in [9.17, 15) is 4.79 Å². The second-order valence-electron chi connectivity index (χ2n) is 6.83. The lowest BCUT2D eigenvalue weighted by molar-refractivity contribution is -0.152. The Morgan fingerprint density at radius 3 is 2.42 bits per heavy atom. The first-order valence-electron chi connectivity index (χ1n) is 7.51. The van der Waals surface area contributed by atoms with Gasteiger partial charge in [-0.25, -0.2) is 0 Å². The molecule has 19 heavy (non-hydrogen) atoms. The molecule has 8 atom stereocenters. The van der Waals surface area contributed by atoms with Crippen molar-refractivity contribution in [2.24, 2.45) is 47.3 Å². The highest BCUT2D eigenvalue weighted by Crippen LogP contribution is 2.68. The molecule has 0 heterocycles. The Bertz CT molecular complexity index is 430. The van der Waals surface area contributed by atoms with Crippen molar-refractivity contribution in [3.05, 3.63) is 12.2 Å². The molecule has 0 saturated heterocycles. The smallest absolute Gasteiger partial charge is 0.309 e. The van der Waals surface area contributed by atoms with Gasteiger partial charge in [0, 0.05) is 7.11 Å². The van der Waals surface area contributed by atoms with Gasteiger partial charge in [-0.1, -0.05) is 12.2 Å². The number of hydrogen-bond acceptors (Lipinski definition) is 3. The van der Waals surface area contributed by atoms with Gasteiger partial charge in [0.25, 0.3) is 0 Å². The van der Waals surface area contributed by atoms with E-state index >= 15 is 0 Å². The van der Waals surface area contributed by atoms with Crippen LogP contribution in [0.2, 0.25) is 0 Å². The van der Waals surface area contributed by atoms with Crippen LogP contribution in [0.4, 0.5) is 0 Å². The van der Waals surface area contributed by atoms with Gasteiger partial charge in [0.1, 0.15) is 0 Å². The number of allylic oxidation sites excluding steroid dienone is 2. The van der Waals surface area contributed by atoms with E-state index in [0.29, 0.717) is 24.4 Å². The molecule has 104 valence electrons. The second kappa shape index (κ2) is 4.08. The van der Waals surface area contributed by atoms with E-state index in [1.54, 1.807) is 7.11 Å². The second-order valence-corrected chi connectivity index (χ2v) is 6.83. The molecule has 4 bridgehead atoms. The van der Waals surface area contributed by atoms with Gasteiger partial charge in [0.15, 0.2) is 0 Å². The Hall–Kier alpha value is -0.830. The van der Waals surface area contributed by atoms with Crippen LogP contribution in [0, 0.1) is 47.3 Å². The van der Waals surface area contributed by atoms with Crippen molar-refractivity contribution in [2.75, 3.05) is 20.8 Å². The molecule has 0 aliphatic heterocycles. The molecule has 0 spiro atoms. The third-order valence-corrected chi connectivity index (χ3v) is 6.42. The van der Waals surface area contributed by atoms with Crippen molar-refractivity contribution in [3.8, 4) is 0 Å². The first-order chi connectivity index (χ1) is 9.26. The third-order valence-electron chi connectivity index (χ3n) is 6.42. The van der Waals surface area contributed by atoms with Crippen LogP contribution in [0.15, 0.2) is 12.2 Å². The molecule has 4 rings (SSSR count). The van der Waals surface area contributed by atoms with Crippen LogP contribution < -0.4 is 0 Å². The summed E-state index contributed by atoms with van der Waals surface area (Å²) in [4.78, 5) is 12.2. The molecular weight excluding hydrogens is 240 g/mol. The Balaban J connectivity index is 1.67. The summed E-state index contributed by atoms with van der Waals surface area (Å²) in [6, 6.07) is 0. The largest absolute Gasteiger partial charge is 0.469 e. The van der Waals surface area contributed by atoms with Crippen molar-refractivity contribution >= 4 is 5.97 Å². The molecule has 0 aromatic heterocycles. The lowest BCUT2D eigenvalue weighted by atomic mass is 9.65. The maximum absolute atomic E-state index is 12.2. The zero-order valence-corrected chi connectivity index (χ0v) is 11.6. The molecule has 3 saturated carbocycles. The van der Waals surface area contributed by atoms with Crippen LogP contribution in [0.1, 0.15) is 12.8 Å². The molecule has 4 aliphatic rings. The molecule has 8 unspecified atom stereocenters. The van der Waals surface area contributed by atoms with Crippen molar-refractivity contribution in [1.29, 1.82) is 0 Å². The zero-order chi connectivity index (χ0) is 13.1. The van der Waals surface area contributed by atoms with E-state index in [4.69, 9.17) is 9.47 Å². The lowest BCUT2D eigenvalue weighted by Gasteiger charge is -2.40. The highest BCUT2D eigenvalue weighted by molar-refractivity contribution is 5.74. The summed E-state index contributed by atoms with van der Waals surface area (Å²) >= 11 is 0. The standard InChI is InChI=1S/C16H22O3/c1-18-7-12-10-6-11(15(12)16(17)19-2)14-9-4-3-8(5-9)13(10)14/h3-4,8-15H,5-7H2,1-2H3. The SMILES string of the molecule is COCC1C2CC(C1C(=O)OC)C1C3C=CC(C3)C21. The maximum Gasteiger partial charge on any atom is 0.309 e. The van der Waals surface area contributed by atoms with E-state index in [-0.39, 0.29) is 11.9 Å². The number of fused-ring (bicyclic) bond motifs is 9. The fraction of sp³-hybridized carbons (Fsp3) is 0.812. The van der Waals surface area contributed by atoms with E-state index in [2.05, 4.69) is 12.2 Å². The number of rotatable bonds is 3. The summed E-state index contributed by atoms with van der Waals surface area (Å²) < 4.78 is 10.5. The molecule has 0 N–H and O–H groups in total. The quantitative estimate of drug-likeness (QED) is 0.444. The predicted octanol–water partition coefficient (Wildman–Crippen LogP) is 2.13. The summed E-state index contributed by atoms with van der Waals surface area (Å²) in [7, 11) is 3.27. The molecule has 3 fully saturated rings. The van der Waals surface area contributed by atoms with Gasteiger partial charge < -0.3 is 9.47 Å². The first kappa shape index (κ1) is 12.0. The van der Waals surface area contributed by atoms with Crippen molar-refractivity contribution in [2.45, 2.75) is 12.8 Å². The Labute approximate surface area is 114 Å². The predicted molar refractivity (Wildman–Crippen MR) is 70.2 cm³/mol. The van der Waals surface area contributed by atoms with Crippen LogP contribution in [0.5, 0.6) is 0 Å². The van der Waals surface area contributed by atoms with Crippen molar-refractivity contribution < 1.29 is 14.3 Å². The molecule has 3 nitrogen and oxygen atoms in total. The molecule has 0 radical (unpaired) electrons. The fourth-order valence-electron chi connectivity index (χ4n) is 6.07. The van der Waals surface area contributed by atoms with Gasteiger partial charge in [0.2, 0.25) is 0 Å². The normalized spacial score (nSPS) is 52.7. The molecule has 3 heteroatoms. The van der Waals surface area contributed by atoms with Gasteiger partial charge in [0.05, 0.1) is 19.6 Å². The minimum Gasteiger partial charge on any atom is -0.469 e. The average molecular weight is 262 g/mol. The average Bonchev–Trinajstić information content (AvgIpc) is 3.15. The highest BCUT2D eigenvalue weighted by atomic mass is 16.5. The Morgan fingerprint density at radius 1 is 1.11 bits per heavy atom. The van der Waals surface area contributed by atoms with Crippen molar-refractivity contribution in [3.63, 3.8) is 0 Å². The number of ether oxygens (including phenoxy) is 2. The monoisotopic (exact) mass is 262 g/mol. The van der Waals surface area contributed by atoms with Crippen LogP contribution >= 0.6 is 0 Å². The third kappa shape index (κ3) is 1.40. The summed E-state index contributed by atoms with van der Waals surface area (Å²) in [6.45, 7) is 0.714. The number of esters is 1. The minimum atomic E-state index is -0.000229. The Kier molecular flexibility index (Phi) is 2.57. The summed E-state index contributed by atoms with van der Waals surface area (Å²) in [5, 5.41) is 0. The summed E-state index contributed by atoms with van der Waals surface area (Å²) in [6.07, 6.45) is 7.39. The van der Waals surface area contributed by atoms with Crippen LogP contribution in [-0.4, -0.2) is 26.8 Å². The van der Waals surface area contributed by atoms with E-state index in [0.717, 1.165) is 23.7 Å². The highest BCUT2D eigenvalue weighted by Gasteiger charge is 2.66. The van der Waals surface area contributed by atoms with Gasteiger partial charge >= 0.3 is 5.97 Å². The zero-order valence-electron chi connectivity index (χ0n) is 11.6. The van der Waals surface area contributed by atoms with Crippen LogP contribution in [-0.2, 0) is 14.3 Å². The molecule has 0 amide bonds. The van der Waals surface area contributed by atoms with E-state index < -0.39 is 0 Å². The molecule has 0 aromatic rings. The summed E-state index contributed by atoms with van der Waals surface area (Å²) in [5.74, 6) is 4.78. The van der Waals surface area contributed by atoms with Gasteiger partial charge in [-0.05, 0) is 54.3 Å². The van der Waals surface area contributed by atoms with Gasteiger partial charge in [-0.2, -0.15) is 0 Å². The number of hydrogen-bond donors (Lipinski definition) is 0.